The maximum atomic E-state index is 15.1. The number of carboxylic acid groups (broad SMARTS) is 1. The molecule has 4 amide bonds. The molecule has 2 aromatic rings. The van der Waals surface area contributed by atoms with Crippen LogP contribution in [0.3, 0.4) is 0 Å². The van der Waals surface area contributed by atoms with E-state index >= 15 is 4.79 Å². The average molecular weight is 798 g/mol. The lowest BCUT2D eigenvalue weighted by Gasteiger charge is -2.43. The fourth-order valence-corrected chi connectivity index (χ4v) is 9.54. The van der Waals surface area contributed by atoms with Gasteiger partial charge in [-0.15, -0.1) is 0 Å². The number of nitrogens with one attached hydrogen (secondary N) is 2. The molecular weight excluding hydrogens is 743 g/mol. The predicted octanol–water partition coefficient (Wildman–Crippen LogP) is 4.63. The van der Waals surface area contributed by atoms with Crippen LogP contribution >= 0.6 is 0 Å². The molecule has 7 atom stereocenters. The van der Waals surface area contributed by atoms with Crippen molar-refractivity contribution in [3.05, 3.63) is 36.4 Å². The molecule has 16 heteroatoms. The van der Waals surface area contributed by atoms with E-state index in [4.69, 9.17) is 14.2 Å². The molecule has 3 N–H and O–H groups in total. The van der Waals surface area contributed by atoms with E-state index in [9.17, 15) is 27.9 Å². The number of rotatable bonds is 8. The molecule has 2 aliphatic heterocycles. The van der Waals surface area contributed by atoms with Gasteiger partial charge in [-0.2, -0.15) is 4.98 Å². The Morgan fingerprint density at radius 3 is 2.43 bits per heavy atom. The van der Waals surface area contributed by atoms with Crippen LogP contribution in [0.5, 0.6) is 17.5 Å². The van der Waals surface area contributed by atoms with Gasteiger partial charge in [-0.1, -0.05) is 26.0 Å². The number of ether oxygens (including phenoxy) is 3. The van der Waals surface area contributed by atoms with E-state index in [0.29, 0.717) is 42.2 Å². The molecule has 1 aromatic carbocycles. The second-order valence-electron chi connectivity index (χ2n) is 17.3. The summed E-state index contributed by atoms with van der Waals surface area (Å²) >= 11 is 0. The van der Waals surface area contributed by atoms with E-state index in [1.54, 1.807) is 59.1 Å². The number of pyridine rings is 1. The fraction of sp³-hybridized carbons (Fsp3) is 0.625. The molecule has 2 aliphatic carbocycles. The Balaban J connectivity index is 1.41. The Labute approximate surface area is 328 Å². The van der Waals surface area contributed by atoms with Gasteiger partial charge >= 0.3 is 6.09 Å². The monoisotopic (exact) mass is 797 g/mol. The van der Waals surface area contributed by atoms with Crippen LogP contribution in [0.4, 0.5) is 4.79 Å². The smallest absolute Gasteiger partial charge is 0.408 e. The Kier molecular flexibility index (Phi) is 11.0. The molecule has 1 aromatic heterocycles. The van der Waals surface area contributed by atoms with Gasteiger partial charge < -0.3 is 29.5 Å². The number of allylic oxidation sites excluding steroid dienone is 1. The number of hydrogen-bond donors (Lipinski definition) is 3. The van der Waals surface area contributed by atoms with Gasteiger partial charge in [0.25, 0.3) is 5.91 Å². The van der Waals surface area contributed by atoms with Gasteiger partial charge in [-0.05, 0) is 102 Å². The minimum atomic E-state index is -4.03. The van der Waals surface area contributed by atoms with Crippen LogP contribution in [-0.2, 0) is 24.4 Å². The van der Waals surface area contributed by atoms with Crippen molar-refractivity contribution in [2.75, 3.05) is 20.8 Å². The number of carbonyl (C=O) groups excluding carboxylic acids is 3. The summed E-state index contributed by atoms with van der Waals surface area (Å²) in [7, 11) is -0.998. The summed E-state index contributed by atoms with van der Waals surface area (Å²) in [6, 6.07) is 4.71. The maximum absolute atomic E-state index is 15.1. The van der Waals surface area contributed by atoms with Gasteiger partial charge in [-0.3, -0.25) is 24.0 Å². The first-order valence-electron chi connectivity index (χ1n) is 19.3. The second-order valence-corrected chi connectivity index (χ2v) is 19.5. The van der Waals surface area contributed by atoms with Crippen molar-refractivity contribution in [3.63, 3.8) is 0 Å². The SMILES string of the molecule is COc1ccc2c(O[C@@H]3C[C@H]4C(=O)N[C@]5(C(=O)NS(=O)(=O)C6(C)CC6)C[C@H]5/C=C\CC[C@H](C)C[C@@H](C)[C@H](N(C(=O)O)C(C)(C)C)C(=O)N4C3)nc(OC)cc2c1. The van der Waals surface area contributed by atoms with Gasteiger partial charge in [0.05, 0.1) is 25.5 Å². The van der Waals surface area contributed by atoms with Crippen LogP contribution in [0.25, 0.3) is 10.8 Å². The van der Waals surface area contributed by atoms with Crippen LogP contribution < -0.4 is 24.2 Å². The number of fused-ring (bicyclic) bond motifs is 3. The Morgan fingerprint density at radius 1 is 1.09 bits per heavy atom. The summed E-state index contributed by atoms with van der Waals surface area (Å²) in [4.78, 5) is 63.8. The number of amides is 4. The summed E-state index contributed by atoms with van der Waals surface area (Å²) in [5.74, 6) is -1.82. The largest absolute Gasteiger partial charge is 0.497 e. The quantitative estimate of drug-likeness (QED) is 0.316. The van der Waals surface area contributed by atoms with E-state index in [1.165, 1.54) is 16.9 Å². The molecule has 0 bridgehead atoms. The first-order valence-corrected chi connectivity index (χ1v) is 20.8. The predicted molar refractivity (Wildman–Crippen MR) is 208 cm³/mol. The number of hydrogen-bond acceptors (Lipinski definition) is 10. The van der Waals surface area contributed by atoms with Crippen LogP contribution in [0, 0.1) is 17.8 Å². The van der Waals surface area contributed by atoms with Gasteiger partial charge in [-0.25, -0.2) is 13.2 Å². The Hall–Kier alpha value is -4.60. The number of carbonyl (C=O) groups is 4. The highest BCUT2D eigenvalue weighted by molar-refractivity contribution is 7.91. The summed E-state index contributed by atoms with van der Waals surface area (Å²) in [6.45, 7) is 10.6. The summed E-state index contributed by atoms with van der Waals surface area (Å²) < 4.78 is 45.0. The molecule has 56 heavy (non-hydrogen) atoms. The Morgan fingerprint density at radius 2 is 1.80 bits per heavy atom. The van der Waals surface area contributed by atoms with Crippen molar-refractivity contribution in [1.29, 1.82) is 0 Å². The lowest BCUT2D eigenvalue weighted by Crippen LogP contribution is -2.62. The van der Waals surface area contributed by atoms with Crippen LogP contribution in [-0.4, -0.2) is 107 Å². The highest BCUT2D eigenvalue weighted by Crippen LogP contribution is 2.48. The third-order valence-electron chi connectivity index (χ3n) is 11.9. The molecule has 0 radical (unpaired) electrons. The molecule has 306 valence electrons. The molecular formula is C40H55N5O10S. The third kappa shape index (κ3) is 7.98. The molecule has 1 saturated heterocycles. The molecule has 0 unspecified atom stereocenters. The van der Waals surface area contributed by atoms with Crippen molar-refractivity contribution in [2.45, 2.75) is 121 Å². The molecule has 15 nitrogen and oxygen atoms in total. The lowest BCUT2D eigenvalue weighted by molar-refractivity contribution is -0.146. The maximum Gasteiger partial charge on any atom is 0.408 e. The van der Waals surface area contributed by atoms with E-state index in [1.807, 2.05) is 19.1 Å². The van der Waals surface area contributed by atoms with E-state index < -0.39 is 79.7 Å². The topological polar surface area (TPSA) is 194 Å². The normalized spacial score (nSPS) is 29.8. The highest BCUT2D eigenvalue weighted by atomic mass is 32.2. The van der Waals surface area contributed by atoms with E-state index in [2.05, 4.69) is 21.9 Å². The molecule has 3 heterocycles. The van der Waals surface area contributed by atoms with Crippen molar-refractivity contribution in [1.82, 2.24) is 24.8 Å². The standard InChI is InChI=1S/C40H55N5O10S/c1-23-11-9-10-12-26-21-40(26,36(48)43-56(51,52)39(6)15-16-39)42-33(46)30-20-28(55-34-29-14-13-27(53-7)18-25(29)19-31(41-34)54-8)22-44(30)35(47)32(24(2)17-23)45(37(49)50)38(3,4)5/h10,12-14,18-19,23-24,26,28,30,32H,9,11,15-17,20-22H2,1-8H3,(H,42,46)(H,43,48)(H,49,50)/b12-10-/t23-,24+,26+,28+,30-,32-,40+/m0/s1. The number of methoxy groups -OCH3 is 2. The number of nitrogens with zero attached hydrogens (tertiary/aromatic N) is 3. The van der Waals surface area contributed by atoms with Crippen LogP contribution in [0.2, 0.25) is 0 Å². The zero-order valence-electron chi connectivity index (χ0n) is 33.5. The lowest BCUT2D eigenvalue weighted by atomic mass is 9.85. The van der Waals surface area contributed by atoms with Crippen molar-refractivity contribution >= 4 is 44.6 Å². The first kappa shape index (κ1) is 41.0. The van der Waals surface area contributed by atoms with Crippen molar-refractivity contribution in [3.8, 4) is 17.5 Å². The zero-order chi connectivity index (χ0) is 41.0. The van der Waals surface area contributed by atoms with Gasteiger partial charge in [0.15, 0.2) is 0 Å². The van der Waals surface area contributed by atoms with Crippen molar-refractivity contribution < 1.29 is 46.9 Å². The minimum absolute atomic E-state index is 0.0250. The highest BCUT2D eigenvalue weighted by Gasteiger charge is 2.63. The summed E-state index contributed by atoms with van der Waals surface area (Å²) in [6.07, 6.45) is 4.62. The van der Waals surface area contributed by atoms with Crippen LogP contribution in [0.15, 0.2) is 36.4 Å². The average Bonchev–Trinajstić information content (AvgIpc) is 4.00. The molecule has 0 spiro atoms. The molecule has 2 saturated carbocycles. The Bertz CT molecular complexity index is 2020. The molecule has 6 rings (SSSR count). The molecule has 3 fully saturated rings. The van der Waals surface area contributed by atoms with Crippen molar-refractivity contribution in [2.24, 2.45) is 17.8 Å². The van der Waals surface area contributed by atoms with E-state index in [-0.39, 0.29) is 37.1 Å². The fourth-order valence-electron chi connectivity index (χ4n) is 8.22. The van der Waals surface area contributed by atoms with Gasteiger partial charge in [0.2, 0.25) is 33.6 Å². The first-order chi connectivity index (χ1) is 26.2. The minimum Gasteiger partial charge on any atom is -0.497 e. The zero-order valence-corrected chi connectivity index (χ0v) is 34.3. The molecule has 4 aliphatic rings. The number of benzene rings is 1. The van der Waals surface area contributed by atoms with Crippen LogP contribution in [0.1, 0.15) is 86.5 Å². The second kappa shape index (κ2) is 15.1. The number of sulfonamides is 1. The summed E-state index contributed by atoms with van der Waals surface area (Å²) in [5, 5.41) is 14.8. The van der Waals surface area contributed by atoms with Gasteiger partial charge in [0.1, 0.15) is 29.5 Å². The van der Waals surface area contributed by atoms with E-state index in [0.717, 1.165) is 6.42 Å². The van der Waals surface area contributed by atoms with Gasteiger partial charge in [0, 0.05) is 29.3 Å². The summed E-state index contributed by atoms with van der Waals surface area (Å²) in [5.41, 5.74) is -2.56. The number of aromatic nitrogens is 1. The third-order valence-corrected chi connectivity index (χ3v) is 14.0.